The van der Waals surface area contributed by atoms with Crippen LogP contribution in [-0.2, 0) is 33.6 Å². The van der Waals surface area contributed by atoms with E-state index in [1.54, 1.807) is 32.1 Å². The lowest BCUT2D eigenvalue weighted by Gasteiger charge is -2.16. The second-order valence-electron chi connectivity index (χ2n) is 7.74. The second-order valence-corrected chi connectivity index (χ2v) is 8.82. The number of aromatic nitrogens is 2. The van der Waals surface area contributed by atoms with Crippen molar-refractivity contribution in [2.75, 3.05) is 6.61 Å². The van der Waals surface area contributed by atoms with E-state index in [0.29, 0.717) is 11.2 Å². The first kappa shape index (κ1) is 18.8. The molecule has 0 saturated carbocycles. The Labute approximate surface area is 156 Å². The molecule has 0 bridgehead atoms. The van der Waals surface area contributed by atoms with Crippen molar-refractivity contribution in [2.45, 2.75) is 59.3 Å². The third kappa shape index (κ3) is 4.03. The number of thiophene rings is 1. The van der Waals surface area contributed by atoms with Gasteiger partial charge in [-0.15, -0.1) is 11.3 Å². The molecule has 1 N–H and O–H groups in total. The van der Waals surface area contributed by atoms with Crippen LogP contribution in [0.2, 0.25) is 0 Å². The molecule has 0 aromatic carbocycles. The average Bonchev–Trinajstić information content (AvgIpc) is 2.95. The van der Waals surface area contributed by atoms with Gasteiger partial charge in [-0.05, 0) is 31.2 Å². The topological polar surface area (TPSA) is 89.1 Å². The molecule has 2 aromatic rings. The summed E-state index contributed by atoms with van der Waals surface area (Å²) < 4.78 is 5.03. The quantitative estimate of drug-likeness (QED) is 0.811. The number of rotatable bonds is 5. The summed E-state index contributed by atoms with van der Waals surface area (Å²) in [5.74, 6) is -0.0982. The molecule has 1 aliphatic carbocycles. The molecule has 0 atom stereocenters. The lowest BCUT2D eigenvalue weighted by atomic mass is 9.91. The molecule has 2 aromatic heterocycles. The number of carbonyl (C=O) groups excluding carboxylic acids is 2. The summed E-state index contributed by atoms with van der Waals surface area (Å²) in [5, 5.41) is 0.715. The molecule has 26 heavy (non-hydrogen) atoms. The van der Waals surface area contributed by atoms with E-state index in [0.717, 1.165) is 36.1 Å². The minimum atomic E-state index is -0.531. The molecular formula is C19H24N2O4S. The van der Waals surface area contributed by atoms with Gasteiger partial charge in [-0.1, -0.05) is 20.8 Å². The number of aromatic amines is 1. The first-order chi connectivity index (χ1) is 12.3. The summed E-state index contributed by atoms with van der Waals surface area (Å²) in [5.41, 5.74) is 0.494. The Morgan fingerprint density at radius 2 is 1.96 bits per heavy atom. The maximum Gasteiger partial charge on any atom is 0.306 e. The number of aryl methyl sites for hydroxylation is 3. The first-order valence-corrected chi connectivity index (χ1v) is 9.79. The molecule has 3 rings (SSSR count). The van der Waals surface area contributed by atoms with Gasteiger partial charge in [-0.2, -0.15) is 0 Å². The van der Waals surface area contributed by atoms with Gasteiger partial charge >= 0.3 is 5.97 Å². The van der Waals surface area contributed by atoms with Crippen LogP contribution in [0.1, 0.15) is 56.3 Å². The fraction of sp³-hybridized carbons (Fsp3) is 0.579. The molecule has 0 aliphatic heterocycles. The van der Waals surface area contributed by atoms with Crippen molar-refractivity contribution in [3.63, 3.8) is 0 Å². The fourth-order valence-electron chi connectivity index (χ4n) is 2.98. The number of nitrogens with one attached hydrogen (secondary N) is 1. The predicted molar refractivity (Wildman–Crippen MR) is 101 cm³/mol. The van der Waals surface area contributed by atoms with Crippen LogP contribution in [0.25, 0.3) is 10.2 Å². The van der Waals surface area contributed by atoms with Crippen LogP contribution in [0.3, 0.4) is 0 Å². The average molecular weight is 376 g/mol. The van der Waals surface area contributed by atoms with E-state index in [9.17, 15) is 14.4 Å². The van der Waals surface area contributed by atoms with Crippen molar-refractivity contribution in [3.8, 4) is 0 Å². The summed E-state index contributed by atoms with van der Waals surface area (Å²) in [6.45, 7) is 5.14. The molecule has 0 saturated heterocycles. The standard InChI is InChI=1S/C19H24N2O4S/c1-19(2,3)13(22)10-25-15(23)9-8-14-20-17(24)16-11-6-4-5-7-12(11)26-18(16)21-14/h4-10H2,1-3H3,(H,20,21,24). The summed E-state index contributed by atoms with van der Waals surface area (Å²) >= 11 is 1.59. The first-order valence-electron chi connectivity index (χ1n) is 8.98. The number of Topliss-reactive ketones (excluding diaryl/α,β-unsaturated/α-hetero) is 1. The molecule has 0 fully saturated rings. The number of carbonyl (C=O) groups is 2. The van der Waals surface area contributed by atoms with Crippen molar-refractivity contribution in [1.29, 1.82) is 0 Å². The van der Waals surface area contributed by atoms with Crippen LogP contribution >= 0.6 is 11.3 Å². The Balaban J connectivity index is 1.65. The molecule has 6 nitrogen and oxygen atoms in total. The lowest BCUT2D eigenvalue weighted by Crippen LogP contribution is -2.26. The molecule has 140 valence electrons. The lowest BCUT2D eigenvalue weighted by molar-refractivity contribution is -0.150. The van der Waals surface area contributed by atoms with Gasteiger partial charge in [0.25, 0.3) is 5.56 Å². The Morgan fingerprint density at radius 3 is 2.69 bits per heavy atom. The highest BCUT2D eigenvalue weighted by molar-refractivity contribution is 7.18. The molecule has 0 spiro atoms. The number of H-pyrrole nitrogens is 1. The summed E-state index contributed by atoms with van der Waals surface area (Å²) in [6, 6.07) is 0. The maximum absolute atomic E-state index is 12.5. The highest BCUT2D eigenvalue weighted by Gasteiger charge is 2.23. The monoisotopic (exact) mass is 376 g/mol. The number of hydrogen-bond donors (Lipinski definition) is 1. The van der Waals surface area contributed by atoms with E-state index in [4.69, 9.17) is 4.74 Å². The minimum Gasteiger partial charge on any atom is -0.458 e. The smallest absolute Gasteiger partial charge is 0.306 e. The van der Waals surface area contributed by atoms with Gasteiger partial charge in [0, 0.05) is 16.7 Å². The van der Waals surface area contributed by atoms with Gasteiger partial charge in [0.2, 0.25) is 0 Å². The number of ketones is 1. The third-order valence-corrected chi connectivity index (χ3v) is 5.83. The van der Waals surface area contributed by atoms with Crippen molar-refractivity contribution in [3.05, 3.63) is 26.6 Å². The number of nitrogens with zero attached hydrogens (tertiary/aromatic N) is 1. The Bertz CT molecular complexity index is 905. The Morgan fingerprint density at radius 1 is 1.23 bits per heavy atom. The summed E-state index contributed by atoms with van der Waals surface area (Å²) in [7, 11) is 0. The maximum atomic E-state index is 12.5. The van der Waals surface area contributed by atoms with Crippen LogP contribution in [0.15, 0.2) is 4.79 Å². The van der Waals surface area contributed by atoms with Gasteiger partial charge < -0.3 is 9.72 Å². The van der Waals surface area contributed by atoms with Crippen LogP contribution in [0.4, 0.5) is 0 Å². The summed E-state index contributed by atoms with van der Waals surface area (Å²) in [6.07, 6.45) is 4.59. The van der Waals surface area contributed by atoms with Crippen LogP contribution < -0.4 is 5.56 Å². The molecule has 0 unspecified atom stereocenters. The van der Waals surface area contributed by atoms with E-state index in [-0.39, 0.29) is 30.8 Å². The van der Waals surface area contributed by atoms with E-state index in [1.165, 1.54) is 4.88 Å². The largest absolute Gasteiger partial charge is 0.458 e. The van der Waals surface area contributed by atoms with Gasteiger partial charge in [-0.25, -0.2) is 4.98 Å². The van der Waals surface area contributed by atoms with Gasteiger partial charge in [-0.3, -0.25) is 14.4 Å². The SMILES string of the molecule is CC(C)(C)C(=O)COC(=O)CCc1nc2sc3c(c2c(=O)[nH]1)CCCC3. The van der Waals surface area contributed by atoms with Crippen LogP contribution in [-0.4, -0.2) is 28.3 Å². The fourth-order valence-corrected chi connectivity index (χ4v) is 4.26. The van der Waals surface area contributed by atoms with Crippen LogP contribution in [0, 0.1) is 5.41 Å². The highest BCUT2D eigenvalue weighted by Crippen LogP contribution is 2.33. The molecule has 2 heterocycles. The third-order valence-electron chi connectivity index (χ3n) is 4.64. The van der Waals surface area contributed by atoms with E-state index >= 15 is 0 Å². The molecule has 7 heteroatoms. The zero-order valence-corrected chi connectivity index (χ0v) is 16.3. The normalized spacial score (nSPS) is 14.3. The Kier molecular flexibility index (Phi) is 5.27. The zero-order valence-electron chi connectivity index (χ0n) is 15.4. The molecule has 1 aliphatic rings. The minimum absolute atomic E-state index is 0.0803. The van der Waals surface area contributed by atoms with Gasteiger partial charge in [0.15, 0.2) is 12.4 Å². The number of fused-ring (bicyclic) bond motifs is 3. The zero-order chi connectivity index (χ0) is 18.9. The van der Waals surface area contributed by atoms with E-state index in [1.807, 2.05) is 0 Å². The molecular weight excluding hydrogens is 352 g/mol. The number of ether oxygens (including phenoxy) is 1. The van der Waals surface area contributed by atoms with Crippen LogP contribution in [0.5, 0.6) is 0 Å². The predicted octanol–water partition coefficient (Wildman–Crippen LogP) is 2.95. The van der Waals surface area contributed by atoms with Crippen molar-refractivity contribution in [2.24, 2.45) is 5.41 Å². The number of hydrogen-bond acceptors (Lipinski definition) is 6. The van der Waals surface area contributed by atoms with E-state index in [2.05, 4.69) is 9.97 Å². The molecule has 0 radical (unpaired) electrons. The number of esters is 1. The van der Waals surface area contributed by atoms with E-state index < -0.39 is 11.4 Å². The van der Waals surface area contributed by atoms with Gasteiger partial charge in [0.1, 0.15) is 10.7 Å². The van der Waals surface area contributed by atoms with Crippen molar-refractivity contribution >= 4 is 33.3 Å². The second kappa shape index (κ2) is 7.31. The highest BCUT2D eigenvalue weighted by atomic mass is 32.1. The van der Waals surface area contributed by atoms with Gasteiger partial charge in [0.05, 0.1) is 11.8 Å². The summed E-state index contributed by atoms with van der Waals surface area (Å²) in [4.78, 5) is 45.5. The van der Waals surface area contributed by atoms with Crippen molar-refractivity contribution in [1.82, 2.24) is 9.97 Å². The molecule has 0 amide bonds. The van der Waals surface area contributed by atoms with Crippen molar-refractivity contribution < 1.29 is 14.3 Å². The Hall–Kier alpha value is -2.02.